The molecule has 24 heavy (non-hydrogen) atoms. The number of para-hydroxylation sites is 1. The highest BCUT2D eigenvalue weighted by molar-refractivity contribution is 6.35. The van der Waals surface area contributed by atoms with E-state index in [9.17, 15) is 4.79 Å². The predicted molar refractivity (Wildman–Crippen MR) is 92.5 cm³/mol. The first-order chi connectivity index (χ1) is 11.4. The highest BCUT2D eigenvalue weighted by atomic mass is 35.5. The Balaban J connectivity index is 1.74. The molecule has 0 bridgehead atoms. The molecule has 1 aromatic carbocycles. The average molecular weight is 348 g/mol. The van der Waals surface area contributed by atoms with Gasteiger partial charge in [0, 0.05) is 14.1 Å². The van der Waals surface area contributed by atoms with Crippen molar-refractivity contribution in [1.29, 1.82) is 0 Å². The van der Waals surface area contributed by atoms with Crippen molar-refractivity contribution >= 4 is 34.5 Å². The predicted octanol–water partition coefficient (Wildman–Crippen LogP) is 2.59. The Kier molecular flexibility index (Phi) is 4.19. The van der Waals surface area contributed by atoms with Gasteiger partial charge >= 0.3 is 0 Å². The number of halogens is 1. The van der Waals surface area contributed by atoms with Gasteiger partial charge in [0.25, 0.3) is 5.91 Å². The SMILES string of the molecule is Cc1nn(C)c(C)c1OCC(=O)Nc1nc2cccc(Cl)c2n1C. The third-order valence-electron chi connectivity index (χ3n) is 3.89. The Hall–Kier alpha value is -2.54. The Morgan fingerprint density at radius 2 is 2.08 bits per heavy atom. The van der Waals surface area contributed by atoms with E-state index in [1.165, 1.54) is 0 Å². The van der Waals surface area contributed by atoms with Gasteiger partial charge in [-0.25, -0.2) is 4.98 Å². The molecule has 8 heteroatoms. The van der Waals surface area contributed by atoms with Gasteiger partial charge in [0.1, 0.15) is 5.69 Å². The van der Waals surface area contributed by atoms with E-state index < -0.39 is 0 Å². The molecular formula is C16H18ClN5O2. The maximum absolute atomic E-state index is 12.2. The van der Waals surface area contributed by atoms with Gasteiger partial charge in [0.2, 0.25) is 5.95 Å². The Morgan fingerprint density at radius 3 is 2.71 bits per heavy atom. The van der Waals surface area contributed by atoms with Gasteiger partial charge in [-0.15, -0.1) is 0 Å². The molecular weight excluding hydrogens is 330 g/mol. The van der Waals surface area contributed by atoms with Crippen molar-refractivity contribution in [2.75, 3.05) is 11.9 Å². The first-order valence-electron chi connectivity index (χ1n) is 7.42. The van der Waals surface area contributed by atoms with E-state index in [0.29, 0.717) is 16.7 Å². The molecule has 0 atom stereocenters. The Labute approximate surface area is 144 Å². The molecule has 7 nitrogen and oxygen atoms in total. The van der Waals surface area contributed by atoms with Crippen molar-refractivity contribution in [2.45, 2.75) is 13.8 Å². The van der Waals surface area contributed by atoms with Crippen LogP contribution in [0.25, 0.3) is 11.0 Å². The van der Waals surface area contributed by atoms with Gasteiger partial charge in [0.05, 0.1) is 21.7 Å². The van der Waals surface area contributed by atoms with Gasteiger partial charge in [-0.05, 0) is 26.0 Å². The van der Waals surface area contributed by atoms with E-state index in [2.05, 4.69) is 15.4 Å². The van der Waals surface area contributed by atoms with Crippen molar-refractivity contribution in [3.05, 3.63) is 34.6 Å². The molecule has 2 aromatic heterocycles. The lowest BCUT2D eigenvalue weighted by atomic mass is 10.3. The fourth-order valence-corrected chi connectivity index (χ4v) is 2.89. The number of amides is 1. The Morgan fingerprint density at radius 1 is 1.33 bits per heavy atom. The third kappa shape index (κ3) is 2.82. The van der Waals surface area contributed by atoms with E-state index in [4.69, 9.17) is 16.3 Å². The van der Waals surface area contributed by atoms with Crippen LogP contribution in [0.2, 0.25) is 5.02 Å². The molecule has 3 aromatic rings. The van der Waals surface area contributed by atoms with Crippen LogP contribution in [0.1, 0.15) is 11.4 Å². The first-order valence-corrected chi connectivity index (χ1v) is 7.80. The average Bonchev–Trinajstić information content (AvgIpc) is 2.96. The van der Waals surface area contributed by atoms with Gasteiger partial charge < -0.3 is 9.30 Å². The van der Waals surface area contributed by atoms with Crippen molar-refractivity contribution in [3.63, 3.8) is 0 Å². The van der Waals surface area contributed by atoms with Gasteiger partial charge in [-0.3, -0.25) is 14.8 Å². The first kappa shape index (κ1) is 16.3. The minimum absolute atomic E-state index is 0.121. The van der Waals surface area contributed by atoms with E-state index in [0.717, 1.165) is 22.4 Å². The summed E-state index contributed by atoms with van der Waals surface area (Å²) in [6, 6.07) is 5.45. The highest BCUT2D eigenvalue weighted by Gasteiger charge is 2.15. The summed E-state index contributed by atoms with van der Waals surface area (Å²) in [5.74, 6) is 0.749. The van der Waals surface area contributed by atoms with Crippen molar-refractivity contribution in [2.24, 2.45) is 14.1 Å². The molecule has 2 heterocycles. The minimum Gasteiger partial charge on any atom is -0.480 e. The second-order valence-electron chi connectivity index (χ2n) is 5.56. The molecule has 3 rings (SSSR count). The number of ether oxygens (including phenoxy) is 1. The molecule has 0 aliphatic heterocycles. The normalized spacial score (nSPS) is 11.0. The monoisotopic (exact) mass is 347 g/mol. The van der Waals surface area contributed by atoms with E-state index in [1.54, 1.807) is 22.4 Å². The van der Waals surface area contributed by atoms with Crippen molar-refractivity contribution < 1.29 is 9.53 Å². The smallest absolute Gasteiger partial charge is 0.264 e. The summed E-state index contributed by atoms with van der Waals surface area (Å²) in [5.41, 5.74) is 3.11. The lowest BCUT2D eigenvalue weighted by Crippen LogP contribution is -2.22. The zero-order chi connectivity index (χ0) is 17.4. The van der Waals surface area contributed by atoms with E-state index in [-0.39, 0.29) is 12.5 Å². The topological polar surface area (TPSA) is 74.0 Å². The molecule has 0 fully saturated rings. The maximum atomic E-state index is 12.2. The minimum atomic E-state index is -0.299. The van der Waals surface area contributed by atoms with Crippen LogP contribution in [0.5, 0.6) is 5.75 Å². The van der Waals surface area contributed by atoms with E-state index in [1.807, 2.05) is 33.0 Å². The number of carbonyl (C=O) groups is 1. The number of aryl methyl sites for hydroxylation is 3. The summed E-state index contributed by atoms with van der Waals surface area (Å²) in [7, 11) is 3.63. The summed E-state index contributed by atoms with van der Waals surface area (Å²) < 4.78 is 9.07. The number of imidazole rings is 1. The highest BCUT2D eigenvalue weighted by Crippen LogP contribution is 2.25. The summed E-state index contributed by atoms with van der Waals surface area (Å²) in [4.78, 5) is 16.6. The van der Waals surface area contributed by atoms with Gasteiger partial charge in [-0.1, -0.05) is 17.7 Å². The number of hydrogen-bond acceptors (Lipinski definition) is 4. The molecule has 0 saturated heterocycles. The van der Waals surface area contributed by atoms with Gasteiger partial charge in [-0.2, -0.15) is 5.10 Å². The second kappa shape index (κ2) is 6.16. The Bertz CT molecular complexity index is 928. The molecule has 1 N–H and O–H groups in total. The molecule has 0 spiro atoms. The number of rotatable bonds is 4. The molecule has 0 aliphatic carbocycles. The molecule has 0 unspecified atom stereocenters. The van der Waals surface area contributed by atoms with Crippen molar-refractivity contribution in [3.8, 4) is 5.75 Å². The van der Waals surface area contributed by atoms with Crippen LogP contribution in [0.4, 0.5) is 5.95 Å². The van der Waals surface area contributed by atoms with Crippen LogP contribution in [-0.2, 0) is 18.9 Å². The lowest BCUT2D eigenvalue weighted by Gasteiger charge is -2.08. The van der Waals surface area contributed by atoms with Crippen LogP contribution in [0.15, 0.2) is 18.2 Å². The lowest BCUT2D eigenvalue weighted by molar-refractivity contribution is -0.118. The van der Waals surface area contributed by atoms with Crippen LogP contribution < -0.4 is 10.1 Å². The number of fused-ring (bicyclic) bond motifs is 1. The summed E-state index contributed by atoms with van der Waals surface area (Å²) >= 11 is 6.18. The molecule has 0 saturated carbocycles. The number of hydrogen-bond donors (Lipinski definition) is 1. The molecule has 126 valence electrons. The zero-order valence-corrected chi connectivity index (χ0v) is 14.7. The summed E-state index contributed by atoms with van der Waals surface area (Å²) in [6.45, 7) is 3.61. The third-order valence-corrected chi connectivity index (χ3v) is 4.19. The van der Waals surface area contributed by atoms with Crippen molar-refractivity contribution in [1.82, 2.24) is 19.3 Å². The fraction of sp³-hybridized carbons (Fsp3) is 0.312. The quantitative estimate of drug-likeness (QED) is 0.787. The fourth-order valence-electron chi connectivity index (χ4n) is 2.59. The number of benzene rings is 1. The molecule has 0 aliphatic rings. The number of anilines is 1. The number of nitrogens with one attached hydrogen (secondary N) is 1. The summed E-state index contributed by atoms with van der Waals surface area (Å²) in [6.07, 6.45) is 0. The van der Waals surface area contributed by atoms with Crippen LogP contribution in [0.3, 0.4) is 0 Å². The van der Waals surface area contributed by atoms with E-state index >= 15 is 0 Å². The maximum Gasteiger partial charge on any atom is 0.264 e. The second-order valence-corrected chi connectivity index (χ2v) is 5.97. The number of carbonyl (C=O) groups excluding carboxylic acids is 1. The van der Waals surface area contributed by atoms with Crippen LogP contribution in [0, 0.1) is 13.8 Å². The zero-order valence-electron chi connectivity index (χ0n) is 13.9. The molecule has 0 radical (unpaired) electrons. The van der Waals surface area contributed by atoms with Crippen LogP contribution >= 0.6 is 11.6 Å². The van der Waals surface area contributed by atoms with Gasteiger partial charge in [0.15, 0.2) is 12.4 Å². The largest absolute Gasteiger partial charge is 0.480 e. The van der Waals surface area contributed by atoms with Crippen LogP contribution in [-0.4, -0.2) is 31.8 Å². The number of nitrogens with zero attached hydrogens (tertiary/aromatic N) is 4. The standard InChI is InChI=1S/C16H18ClN5O2/c1-9-15(10(2)22(4)20-9)24-8-13(23)19-16-18-12-7-5-6-11(17)14(12)21(16)3/h5-7H,8H2,1-4H3,(H,18,19,23). The molecule has 1 amide bonds. The number of aromatic nitrogens is 4. The summed E-state index contributed by atoms with van der Waals surface area (Å²) in [5, 5.41) is 7.58.